The van der Waals surface area contributed by atoms with Crippen molar-refractivity contribution in [3.63, 3.8) is 0 Å². The Labute approximate surface area is 110 Å². The maximum absolute atomic E-state index is 10.5. The van der Waals surface area contributed by atoms with E-state index in [1.54, 1.807) is 0 Å². The molecule has 0 unspecified atom stereocenters. The van der Waals surface area contributed by atoms with Crippen LogP contribution in [-0.4, -0.2) is 16.1 Å². The molecule has 0 saturated heterocycles. The minimum Gasteiger partial charge on any atom is -0.478 e. The first-order chi connectivity index (χ1) is 8.47. The molecule has 18 heavy (non-hydrogen) atoms. The van der Waals surface area contributed by atoms with Gasteiger partial charge in [-0.05, 0) is 43.2 Å². The Kier molecular flexibility index (Phi) is 3.34. The number of fused-ring (bicyclic) bond motifs is 1. The lowest BCUT2D eigenvalue weighted by atomic mass is 10.0. The average Bonchev–Trinajstić information content (AvgIpc) is 2.26. The standard InChI is InChI=1S/C14H12ClNO2/c1-8-5-9(2)11-7-10(3-4-13(17)18)14(15)16-12(11)6-8/h3-7H,1-2H3,(H,17,18)/b4-3+. The third-order valence-corrected chi connectivity index (χ3v) is 2.97. The third-order valence-electron chi connectivity index (χ3n) is 2.67. The van der Waals surface area contributed by atoms with Crippen molar-refractivity contribution in [1.29, 1.82) is 0 Å². The molecule has 0 aliphatic heterocycles. The summed E-state index contributed by atoms with van der Waals surface area (Å²) in [6.07, 6.45) is 2.51. The lowest BCUT2D eigenvalue weighted by Crippen LogP contribution is -1.90. The number of aryl methyl sites for hydroxylation is 2. The van der Waals surface area contributed by atoms with Gasteiger partial charge >= 0.3 is 5.97 Å². The minimum atomic E-state index is -1.01. The molecule has 1 heterocycles. The van der Waals surface area contributed by atoms with E-state index in [0.29, 0.717) is 10.7 Å². The minimum absolute atomic E-state index is 0.310. The van der Waals surface area contributed by atoms with Crippen LogP contribution >= 0.6 is 11.6 Å². The number of nitrogens with zero attached hydrogens (tertiary/aromatic N) is 1. The third kappa shape index (κ3) is 2.51. The molecule has 2 aromatic rings. The molecule has 0 spiro atoms. The number of benzene rings is 1. The summed E-state index contributed by atoms with van der Waals surface area (Å²) in [6, 6.07) is 5.88. The normalized spacial score (nSPS) is 11.3. The number of hydrogen-bond acceptors (Lipinski definition) is 2. The van der Waals surface area contributed by atoms with Crippen LogP contribution in [0.2, 0.25) is 5.15 Å². The van der Waals surface area contributed by atoms with Gasteiger partial charge in [0.2, 0.25) is 0 Å². The van der Waals surface area contributed by atoms with Crippen molar-refractivity contribution in [2.75, 3.05) is 0 Å². The highest BCUT2D eigenvalue weighted by atomic mass is 35.5. The fourth-order valence-corrected chi connectivity index (χ4v) is 2.11. The van der Waals surface area contributed by atoms with Crippen LogP contribution in [0, 0.1) is 13.8 Å². The Hall–Kier alpha value is -1.87. The van der Waals surface area contributed by atoms with Gasteiger partial charge in [0.15, 0.2) is 0 Å². The number of hydrogen-bond donors (Lipinski definition) is 1. The smallest absolute Gasteiger partial charge is 0.328 e. The van der Waals surface area contributed by atoms with Crippen LogP contribution in [0.25, 0.3) is 17.0 Å². The monoisotopic (exact) mass is 261 g/mol. The molecule has 92 valence electrons. The van der Waals surface area contributed by atoms with Crippen LogP contribution in [0.3, 0.4) is 0 Å². The first kappa shape index (κ1) is 12.6. The molecule has 0 aliphatic carbocycles. The van der Waals surface area contributed by atoms with Gasteiger partial charge < -0.3 is 5.11 Å². The highest BCUT2D eigenvalue weighted by molar-refractivity contribution is 6.31. The molecule has 1 aromatic heterocycles. The van der Waals surface area contributed by atoms with E-state index in [1.807, 2.05) is 26.0 Å². The summed E-state index contributed by atoms with van der Waals surface area (Å²) in [5, 5.41) is 9.91. The molecular formula is C14H12ClNO2. The summed E-state index contributed by atoms with van der Waals surface area (Å²) in [7, 11) is 0. The first-order valence-corrected chi connectivity index (χ1v) is 5.83. The van der Waals surface area contributed by atoms with Crippen LogP contribution in [-0.2, 0) is 4.79 Å². The fourth-order valence-electron chi connectivity index (χ4n) is 1.90. The van der Waals surface area contributed by atoms with Crippen molar-refractivity contribution in [1.82, 2.24) is 4.98 Å². The summed E-state index contributed by atoms with van der Waals surface area (Å²) in [4.78, 5) is 14.8. The van der Waals surface area contributed by atoms with Crippen molar-refractivity contribution in [3.05, 3.63) is 46.1 Å². The molecule has 0 atom stereocenters. The second kappa shape index (κ2) is 4.78. The van der Waals surface area contributed by atoms with Gasteiger partial charge in [-0.15, -0.1) is 0 Å². The molecule has 1 N–H and O–H groups in total. The Morgan fingerprint density at radius 1 is 1.33 bits per heavy atom. The van der Waals surface area contributed by atoms with Crippen molar-refractivity contribution >= 4 is 34.5 Å². The number of aromatic nitrogens is 1. The molecular weight excluding hydrogens is 250 g/mol. The second-order valence-electron chi connectivity index (χ2n) is 4.19. The van der Waals surface area contributed by atoms with Gasteiger partial charge in [-0.1, -0.05) is 17.7 Å². The average molecular weight is 262 g/mol. The van der Waals surface area contributed by atoms with Gasteiger partial charge in [0.1, 0.15) is 5.15 Å². The maximum atomic E-state index is 10.5. The van der Waals surface area contributed by atoms with E-state index < -0.39 is 5.97 Å². The van der Waals surface area contributed by atoms with Crippen LogP contribution < -0.4 is 0 Å². The summed E-state index contributed by atoms with van der Waals surface area (Å²) in [5.74, 6) is -1.01. The molecule has 0 bridgehead atoms. The SMILES string of the molecule is Cc1cc(C)c2cc(/C=C/C(=O)O)c(Cl)nc2c1. The first-order valence-electron chi connectivity index (χ1n) is 5.46. The summed E-state index contributed by atoms with van der Waals surface area (Å²) in [6.45, 7) is 4.00. The number of carboxylic acids is 1. The molecule has 0 fully saturated rings. The van der Waals surface area contributed by atoms with E-state index in [0.717, 1.165) is 28.1 Å². The Bertz CT molecular complexity index is 662. The lowest BCUT2D eigenvalue weighted by molar-refractivity contribution is -0.131. The summed E-state index contributed by atoms with van der Waals surface area (Å²) < 4.78 is 0. The van der Waals surface area contributed by atoms with Crippen molar-refractivity contribution < 1.29 is 9.90 Å². The summed E-state index contributed by atoms with van der Waals surface area (Å²) in [5.41, 5.74) is 3.65. The number of halogens is 1. The maximum Gasteiger partial charge on any atom is 0.328 e. The largest absolute Gasteiger partial charge is 0.478 e. The van der Waals surface area contributed by atoms with Crippen LogP contribution in [0.15, 0.2) is 24.3 Å². The molecule has 0 aliphatic rings. The molecule has 0 radical (unpaired) electrons. The van der Waals surface area contributed by atoms with E-state index in [-0.39, 0.29) is 0 Å². The van der Waals surface area contributed by atoms with Gasteiger partial charge in [-0.25, -0.2) is 9.78 Å². The van der Waals surface area contributed by atoms with Crippen molar-refractivity contribution in [3.8, 4) is 0 Å². The van der Waals surface area contributed by atoms with Gasteiger partial charge in [0, 0.05) is 17.0 Å². The molecule has 0 amide bonds. The van der Waals surface area contributed by atoms with Crippen LogP contribution in [0.5, 0.6) is 0 Å². The van der Waals surface area contributed by atoms with E-state index in [1.165, 1.54) is 6.08 Å². The molecule has 4 heteroatoms. The highest BCUT2D eigenvalue weighted by Gasteiger charge is 2.05. The fraction of sp³-hybridized carbons (Fsp3) is 0.143. The second-order valence-corrected chi connectivity index (χ2v) is 4.55. The highest BCUT2D eigenvalue weighted by Crippen LogP contribution is 2.25. The van der Waals surface area contributed by atoms with E-state index >= 15 is 0 Å². The molecule has 2 rings (SSSR count). The van der Waals surface area contributed by atoms with Gasteiger partial charge in [-0.2, -0.15) is 0 Å². The zero-order valence-electron chi connectivity index (χ0n) is 10.1. The zero-order chi connectivity index (χ0) is 13.3. The number of pyridine rings is 1. The number of carbonyl (C=O) groups is 1. The summed E-state index contributed by atoms with van der Waals surface area (Å²) >= 11 is 6.04. The predicted molar refractivity (Wildman–Crippen MR) is 72.9 cm³/mol. The molecule has 0 saturated carbocycles. The zero-order valence-corrected chi connectivity index (χ0v) is 10.8. The van der Waals surface area contributed by atoms with Crippen molar-refractivity contribution in [2.45, 2.75) is 13.8 Å². The van der Waals surface area contributed by atoms with Gasteiger partial charge in [0.25, 0.3) is 0 Å². The van der Waals surface area contributed by atoms with E-state index in [9.17, 15) is 4.79 Å². The topological polar surface area (TPSA) is 50.2 Å². The number of aliphatic carboxylic acids is 1. The predicted octanol–water partition coefficient (Wildman–Crippen LogP) is 3.60. The van der Waals surface area contributed by atoms with Crippen molar-refractivity contribution in [2.24, 2.45) is 0 Å². The van der Waals surface area contributed by atoms with Crippen LogP contribution in [0.1, 0.15) is 16.7 Å². The molecule has 3 nitrogen and oxygen atoms in total. The lowest BCUT2D eigenvalue weighted by Gasteiger charge is -2.06. The van der Waals surface area contributed by atoms with Gasteiger partial charge in [0.05, 0.1) is 5.52 Å². The Balaban J connectivity index is 2.64. The van der Waals surface area contributed by atoms with E-state index in [4.69, 9.17) is 16.7 Å². The molecule has 1 aromatic carbocycles. The number of rotatable bonds is 2. The van der Waals surface area contributed by atoms with Gasteiger partial charge in [-0.3, -0.25) is 0 Å². The number of carboxylic acid groups (broad SMARTS) is 1. The van der Waals surface area contributed by atoms with E-state index in [2.05, 4.69) is 11.1 Å². The van der Waals surface area contributed by atoms with Crippen LogP contribution in [0.4, 0.5) is 0 Å². The Morgan fingerprint density at radius 3 is 2.72 bits per heavy atom. The quantitative estimate of drug-likeness (QED) is 0.664. The Morgan fingerprint density at radius 2 is 2.06 bits per heavy atom.